The van der Waals surface area contributed by atoms with Crippen LogP contribution in [0.1, 0.15) is 25.5 Å². The van der Waals surface area contributed by atoms with Crippen LogP contribution in [-0.4, -0.2) is 52.8 Å². The molecule has 0 spiro atoms. The summed E-state index contributed by atoms with van der Waals surface area (Å²) < 4.78 is 0. The second kappa shape index (κ2) is 7.37. The molecule has 0 aliphatic carbocycles. The van der Waals surface area contributed by atoms with Crippen molar-refractivity contribution in [2.75, 3.05) is 42.9 Å². The quantitative estimate of drug-likeness (QED) is 0.913. The number of rotatable bonds is 5. The van der Waals surface area contributed by atoms with E-state index in [0.29, 0.717) is 5.95 Å². The summed E-state index contributed by atoms with van der Waals surface area (Å²) in [6.07, 6.45) is 1.75. The predicted octanol–water partition coefficient (Wildman–Crippen LogP) is 2.19. The van der Waals surface area contributed by atoms with E-state index in [1.165, 1.54) is 5.56 Å². The highest BCUT2D eigenvalue weighted by Crippen LogP contribution is 2.18. The van der Waals surface area contributed by atoms with Crippen molar-refractivity contribution in [2.24, 2.45) is 0 Å². The third-order valence-electron chi connectivity index (χ3n) is 4.33. The Morgan fingerprint density at radius 1 is 1.13 bits per heavy atom. The van der Waals surface area contributed by atoms with Gasteiger partial charge in [0.05, 0.1) is 12.2 Å². The smallest absolute Gasteiger partial charge is 0.245 e. The van der Waals surface area contributed by atoms with Gasteiger partial charge in [-0.3, -0.25) is 0 Å². The zero-order valence-electron chi connectivity index (χ0n) is 13.8. The highest BCUT2D eigenvalue weighted by Gasteiger charge is 2.18. The van der Waals surface area contributed by atoms with Crippen LogP contribution in [0.25, 0.3) is 0 Å². The number of hydrogen-bond donors (Lipinski definition) is 1. The Kier molecular flexibility index (Phi) is 5.02. The summed E-state index contributed by atoms with van der Waals surface area (Å²) in [5, 5.41) is 11.6. The molecule has 3 rings (SSSR count). The third kappa shape index (κ3) is 3.96. The van der Waals surface area contributed by atoms with Crippen LogP contribution in [0.5, 0.6) is 0 Å². The number of aromatic nitrogens is 3. The van der Waals surface area contributed by atoms with E-state index in [9.17, 15) is 0 Å². The van der Waals surface area contributed by atoms with Crippen molar-refractivity contribution >= 4 is 11.8 Å². The molecule has 1 saturated heterocycles. The number of nitrogens with one attached hydrogen (secondary N) is 1. The summed E-state index contributed by atoms with van der Waals surface area (Å²) in [5.74, 6) is 1.48. The molecule has 1 atom stereocenters. The topological polar surface area (TPSA) is 57.2 Å². The van der Waals surface area contributed by atoms with E-state index in [4.69, 9.17) is 0 Å². The normalized spacial score (nSPS) is 17.0. The number of anilines is 2. The van der Waals surface area contributed by atoms with Gasteiger partial charge in [-0.1, -0.05) is 37.3 Å². The van der Waals surface area contributed by atoms with Gasteiger partial charge in [0.15, 0.2) is 5.82 Å². The first kappa shape index (κ1) is 15.7. The standard InChI is InChI=1S/C17H24N6/c1-3-22-9-11-23(12-10-22)16-13-18-21-17(20-16)19-14(2)15-7-5-4-6-8-15/h4-8,13-14H,3,9-12H2,1-2H3,(H,19,20,21). The summed E-state index contributed by atoms with van der Waals surface area (Å²) >= 11 is 0. The average Bonchev–Trinajstić information content (AvgIpc) is 2.63. The van der Waals surface area contributed by atoms with Gasteiger partial charge < -0.3 is 15.1 Å². The predicted molar refractivity (Wildman–Crippen MR) is 92.6 cm³/mol. The lowest BCUT2D eigenvalue weighted by Crippen LogP contribution is -2.46. The molecule has 1 aromatic heterocycles. The van der Waals surface area contributed by atoms with Crippen LogP contribution in [0.2, 0.25) is 0 Å². The van der Waals surface area contributed by atoms with Crippen LogP contribution < -0.4 is 10.2 Å². The first-order valence-electron chi connectivity index (χ1n) is 8.24. The van der Waals surface area contributed by atoms with Crippen molar-refractivity contribution in [2.45, 2.75) is 19.9 Å². The monoisotopic (exact) mass is 312 g/mol. The van der Waals surface area contributed by atoms with Gasteiger partial charge in [0.25, 0.3) is 0 Å². The van der Waals surface area contributed by atoms with Gasteiger partial charge in [-0.25, -0.2) is 0 Å². The molecular weight excluding hydrogens is 288 g/mol. The molecule has 1 fully saturated rings. The minimum atomic E-state index is 0.144. The Bertz CT molecular complexity index is 609. The van der Waals surface area contributed by atoms with E-state index in [-0.39, 0.29) is 6.04 Å². The van der Waals surface area contributed by atoms with Gasteiger partial charge in [0, 0.05) is 26.2 Å². The van der Waals surface area contributed by atoms with Crippen LogP contribution >= 0.6 is 0 Å². The van der Waals surface area contributed by atoms with Gasteiger partial charge in [0.2, 0.25) is 5.95 Å². The lowest BCUT2D eigenvalue weighted by Gasteiger charge is -2.34. The largest absolute Gasteiger partial charge is 0.353 e. The molecule has 1 aliphatic rings. The molecule has 0 bridgehead atoms. The maximum Gasteiger partial charge on any atom is 0.245 e. The van der Waals surface area contributed by atoms with Crippen LogP contribution in [-0.2, 0) is 0 Å². The fourth-order valence-electron chi connectivity index (χ4n) is 2.82. The summed E-state index contributed by atoms with van der Waals surface area (Å²) in [5.41, 5.74) is 1.21. The van der Waals surface area contributed by atoms with Crippen molar-refractivity contribution in [3.8, 4) is 0 Å². The van der Waals surface area contributed by atoms with Crippen molar-refractivity contribution < 1.29 is 0 Å². The van der Waals surface area contributed by atoms with E-state index < -0.39 is 0 Å². The van der Waals surface area contributed by atoms with E-state index in [1.54, 1.807) is 6.20 Å². The molecule has 1 unspecified atom stereocenters. The Morgan fingerprint density at radius 2 is 1.87 bits per heavy atom. The Hall–Kier alpha value is -2.21. The molecule has 122 valence electrons. The second-order valence-electron chi connectivity index (χ2n) is 5.84. The van der Waals surface area contributed by atoms with Gasteiger partial charge in [-0.05, 0) is 19.0 Å². The Labute approximate surface area is 137 Å². The second-order valence-corrected chi connectivity index (χ2v) is 5.84. The van der Waals surface area contributed by atoms with E-state index in [0.717, 1.165) is 38.5 Å². The molecule has 0 amide bonds. The fraction of sp³-hybridized carbons (Fsp3) is 0.471. The molecule has 2 aromatic rings. The molecule has 6 nitrogen and oxygen atoms in total. The average molecular weight is 312 g/mol. The van der Waals surface area contributed by atoms with E-state index in [2.05, 4.69) is 56.3 Å². The molecule has 0 radical (unpaired) electrons. The SMILES string of the molecule is CCN1CCN(c2cnnc(NC(C)c3ccccc3)n2)CC1. The minimum Gasteiger partial charge on any atom is -0.353 e. The Balaban J connectivity index is 1.66. The lowest BCUT2D eigenvalue weighted by atomic mass is 10.1. The zero-order valence-corrected chi connectivity index (χ0v) is 13.8. The van der Waals surface area contributed by atoms with Crippen LogP contribution in [0.3, 0.4) is 0 Å². The molecule has 6 heteroatoms. The van der Waals surface area contributed by atoms with E-state index >= 15 is 0 Å². The molecule has 2 heterocycles. The van der Waals surface area contributed by atoms with Crippen molar-refractivity contribution in [3.63, 3.8) is 0 Å². The lowest BCUT2D eigenvalue weighted by molar-refractivity contribution is 0.270. The van der Waals surface area contributed by atoms with Crippen LogP contribution in [0.15, 0.2) is 36.5 Å². The number of benzene rings is 1. The Morgan fingerprint density at radius 3 is 2.57 bits per heavy atom. The third-order valence-corrected chi connectivity index (χ3v) is 4.33. The maximum atomic E-state index is 4.64. The van der Waals surface area contributed by atoms with E-state index in [1.807, 2.05) is 18.2 Å². The molecule has 23 heavy (non-hydrogen) atoms. The number of hydrogen-bond acceptors (Lipinski definition) is 6. The maximum absolute atomic E-state index is 4.64. The molecule has 0 saturated carbocycles. The van der Waals surface area contributed by atoms with Gasteiger partial charge in [-0.2, -0.15) is 10.1 Å². The van der Waals surface area contributed by atoms with Gasteiger partial charge in [-0.15, -0.1) is 5.10 Å². The first-order valence-corrected chi connectivity index (χ1v) is 8.24. The summed E-state index contributed by atoms with van der Waals surface area (Å²) in [7, 11) is 0. The number of piperazine rings is 1. The number of nitrogens with zero attached hydrogens (tertiary/aromatic N) is 5. The van der Waals surface area contributed by atoms with Crippen LogP contribution in [0, 0.1) is 0 Å². The van der Waals surface area contributed by atoms with Crippen LogP contribution in [0.4, 0.5) is 11.8 Å². The van der Waals surface area contributed by atoms with Gasteiger partial charge in [0.1, 0.15) is 0 Å². The summed E-state index contributed by atoms with van der Waals surface area (Å²) in [4.78, 5) is 9.36. The molecular formula is C17H24N6. The zero-order chi connectivity index (χ0) is 16.1. The molecule has 1 aliphatic heterocycles. The van der Waals surface area contributed by atoms with Crippen molar-refractivity contribution in [1.82, 2.24) is 20.1 Å². The first-order chi connectivity index (χ1) is 11.3. The number of likely N-dealkylation sites (N-methyl/N-ethyl adjacent to an activating group) is 1. The highest BCUT2D eigenvalue weighted by atomic mass is 15.3. The van der Waals surface area contributed by atoms with Crippen molar-refractivity contribution in [1.29, 1.82) is 0 Å². The fourth-order valence-corrected chi connectivity index (χ4v) is 2.82. The molecule has 1 aromatic carbocycles. The highest BCUT2D eigenvalue weighted by molar-refractivity contribution is 5.41. The van der Waals surface area contributed by atoms with Gasteiger partial charge >= 0.3 is 0 Å². The minimum absolute atomic E-state index is 0.144. The summed E-state index contributed by atoms with van der Waals surface area (Å²) in [6, 6.07) is 10.4. The van der Waals surface area contributed by atoms with Crippen molar-refractivity contribution in [3.05, 3.63) is 42.1 Å². The summed E-state index contributed by atoms with van der Waals surface area (Å²) in [6.45, 7) is 9.53. The molecule has 1 N–H and O–H groups in total.